The monoisotopic (exact) mass is 290 g/mol. The smallest absolute Gasteiger partial charge is 0.305 e. The van der Waals surface area contributed by atoms with Crippen LogP contribution in [0.5, 0.6) is 0 Å². The van der Waals surface area contributed by atoms with Gasteiger partial charge >= 0.3 is 6.03 Å². The van der Waals surface area contributed by atoms with E-state index in [9.17, 15) is 9.59 Å². The van der Waals surface area contributed by atoms with Gasteiger partial charge in [0.15, 0.2) is 0 Å². The zero-order valence-corrected chi connectivity index (χ0v) is 11.8. The molecule has 2 aromatic carbocycles. The van der Waals surface area contributed by atoms with Gasteiger partial charge in [0.25, 0.3) is 5.91 Å². The van der Waals surface area contributed by atoms with E-state index in [1.165, 1.54) is 4.90 Å². The van der Waals surface area contributed by atoms with Crippen molar-refractivity contribution in [3.8, 4) is 0 Å². The van der Waals surface area contributed by atoms with E-state index in [0.717, 1.165) is 17.2 Å². The molecule has 2 saturated heterocycles. The second kappa shape index (κ2) is 3.97. The molecule has 22 heavy (non-hydrogen) atoms. The number of anilines is 1. The van der Waals surface area contributed by atoms with Crippen molar-refractivity contribution in [3.63, 3.8) is 0 Å². The van der Waals surface area contributed by atoms with Gasteiger partial charge in [-0.2, -0.15) is 0 Å². The first kappa shape index (κ1) is 12.0. The van der Waals surface area contributed by atoms with Gasteiger partial charge < -0.3 is 4.90 Å². The third-order valence-corrected chi connectivity index (χ3v) is 5.03. The Labute approximate surface area is 127 Å². The average molecular weight is 290 g/mol. The minimum atomic E-state index is -0.297. The largest absolute Gasteiger partial charge is 0.332 e. The lowest BCUT2D eigenvalue weighted by atomic mass is 10.0. The summed E-state index contributed by atoms with van der Waals surface area (Å²) in [6.45, 7) is 0. The van der Waals surface area contributed by atoms with Crippen LogP contribution >= 0.6 is 0 Å². The van der Waals surface area contributed by atoms with Crippen LogP contribution in [-0.4, -0.2) is 28.9 Å². The van der Waals surface area contributed by atoms with Crippen LogP contribution in [0.3, 0.4) is 0 Å². The third-order valence-electron chi connectivity index (χ3n) is 5.03. The number of nitrogens with zero attached hydrogens (tertiary/aromatic N) is 2. The molecule has 4 heteroatoms. The molecule has 4 nitrogen and oxygen atoms in total. The van der Waals surface area contributed by atoms with Gasteiger partial charge in [-0.25, -0.2) is 9.69 Å². The number of hydrogen-bond donors (Lipinski definition) is 0. The van der Waals surface area contributed by atoms with Crippen LogP contribution in [0.2, 0.25) is 0 Å². The molecule has 0 saturated carbocycles. The summed E-state index contributed by atoms with van der Waals surface area (Å²) in [7, 11) is 0. The van der Waals surface area contributed by atoms with E-state index in [0.29, 0.717) is 5.69 Å². The third kappa shape index (κ3) is 1.37. The van der Waals surface area contributed by atoms with Gasteiger partial charge in [-0.1, -0.05) is 42.5 Å². The van der Waals surface area contributed by atoms with Crippen molar-refractivity contribution < 1.29 is 9.59 Å². The van der Waals surface area contributed by atoms with E-state index >= 15 is 0 Å². The lowest BCUT2D eigenvalue weighted by Crippen LogP contribution is -2.38. The zero-order chi connectivity index (χ0) is 14.8. The van der Waals surface area contributed by atoms with Crippen molar-refractivity contribution in [3.05, 3.63) is 54.6 Å². The minimum absolute atomic E-state index is 0.0860. The Hall–Kier alpha value is -2.62. The number of carbonyl (C=O) groups is 2. The van der Waals surface area contributed by atoms with E-state index < -0.39 is 0 Å². The summed E-state index contributed by atoms with van der Waals surface area (Å²) in [5, 5.41) is 2.14. The number of hydrogen-bond acceptors (Lipinski definition) is 2. The van der Waals surface area contributed by atoms with Crippen molar-refractivity contribution in [2.24, 2.45) is 5.92 Å². The number of urea groups is 1. The molecule has 0 aromatic heterocycles. The highest BCUT2D eigenvalue weighted by atomic mass is 16.2. The average Bonchev–Trinajstić information content (AvgIpc) is 3.21. The normalized spacial score (nSPS) is 29.0. The van der Waals surface area contributed by atoms with E-state index in [1.54, 1.807) is 4.90 Å². The Balaban J connectivity index is 1.60. The molecule has 0 spiro atoms. The van der Waals surface area contributed by atoms with Gasteiger partial charge in [-0.15, -0.1) is 0 Å². The summed E-state index contributed by atoms with van der Waals surface area (Å²) in [6, 6.07) is 13.3. The Morgan fingerprint density at radius 2 is 1.77 bits per heavy atom. The second-order valence-corrected chi connectivity index (χ2v) is 6.19. The van der Waals surface area contributed by atoms with Crippen LogP contribution in [0, 0.1) is 5.92 Å². The molecule has 1 aliphatic carbocycles. The number of benzene rings is 2. The summed E-state index contributed by atoms with van der Waals surface area (Å²) in [4.78, 5) is 28.6. The van der Waals surface area contributed by atoms with E-state index in [4.69, 9.17) is 0 Å². The fourth-order valence-corrected chi connectivity index (χ4v) is 4.02. The highest BCUT2D eigenvalue weighted by Gasteiger charge is 2.57. The molecule has 0 N–H and O–H groups in total. The predicted molar refractivity (Wildman–Crippen MR) is 83.5 cm³/mol. The van der Waals surface area contributed by atoms with Crippen molar-refractivity contribution >= 4 is 28.4 Å². The van der Waals surface area contributed by atoms with Gasteiger partial charge in [0.2, 0.25) is 0 Å². The molecule has 2 aromatic rings. The number of rotatable bonds is 1. The first-order chi connectivity index (χ1) is 10.7. The van der Waals surface area contributed by atoms with Gasteiger partial charge in [-0.05, 0) is 29.3 Å². The molecule has 3 amide bonds. The molecule has 2 bridgehead atoms. The van der Waals surface area contributed by atoms with Gasteiger partial charge in [-0.3, -0.25) is 4.79 Å². The number of amides is 3. The lowest BCUT2D eigenvalue weighted by molar-refractivity contribution is -0.119. The van der Waals surface area contributed by atoms with E-state index in [2.05, 4.69) is 12.2 Å². The number of carbonyl (C=O) groups excluding carboxylic acids is 2. The zero-order valence-electron chi connectivity index (χ0n) is 11.8. The van der Waals surface area contributed by atoms with Crippen LogP contribution in [0.15, 0.2) is 54.6 Å². The summed E-state index contributed by atoms with van der Waals surface area (Å²) >= 11 is 0. The first-order valence-electron chi connectivity index (χ1n) is 7.57. The molecule has 3 aliphatic rings. The maximum absolute atomic E-state index is 12.8. The molecule has 0 radical (unpaired) electrons. The summed E-state index contributed by atoms with van der Waals surface area (Å²) in [5.74, 6) is 0.101. The lowest BCUT2D eigenvalue weighted by Gasteiger charge is -2.22. The number of fused-ring (bicyclic) bond motifs is 6. The topological polar surface area (TPSA) is 40.6 Å². The molecule has 3 atom stereocenters. The Kier molecular flexibility index (Phi) is 2.16. The Morgan fingerprint density at radius 1 is 0.955 bits per heavy atom. The van der Waals surface area contributed by atoms with Gasteiger partial charge in [0.1, 0.15) is 6.04 Å². The summed E-state index contributed by atoms with van der Waals surface area (Å²) in [6.07, 6.45) is 5.03. The van der Waals surface area contributed by atoms with Crippen LogP contribution < -0.4 is 4.90 Å². The fraction of sp³-hybridized carbons (Fsp3) is 0.222. The molecule has 3 unspecified atom stereocenters. The molecular formula is C18H14N2O2. The highest BCUT2D eigenvalue weighted by Crippen LogP contribution is 2.43. The van der Waals surface area contributed by atoms with Crippen molar-refractivity contribution in [2.45, 2.75) is 18.5 Å². The molecule has 2 heterocycles. The maximum atomic E-state index is 12.8. The minimum Gasteiger partial charge on any atom is -0.305 e. The van der Waals surface area contributed by atoms with Gasteiger partial charge in [0.05, 0.1) is 11.7 Å². The second-order valence-electron chi connectivity index (χ2n) is 6.19. The molecular weight excluding hydrogens is 276 g/mol. The van der Waals surface area contributed by atoms with Crippen LogP contribution in [0.4, 0.5) is 10.5 Å². The fourth-order valence-electron chi connectivity index (χ4n) is 4.02. The van der Waals surface area contributed by atoms with E-state index in [1.807, 2.05) is 42.5 Å². The van der Waals surface area contributed by atoms with Crippen LogP contribution in [0.25, 0.3) is 10.8 Å². The summed E-state index contributed by atoms with van der Waals surface area (Å²) in [5.41, 5.74) is 0.669. The Morgan fingerprint density at radius 3 is 2.59 bits per heavy atom. The van der Waals surface area contributed by atoms with E-state index in [-0.39, 0.29) is 29.9 Å². The maximum Gasteiger partial charge on any atom is 0.332 e. The molecule has 2 fully saturated rings. The standard InChI is InChI=1S/C18H14N2O2/c21-17-16-13-6-8-14(10-13)19(16)18(22)20(17)15-7-5-11-3-1-2-4-12(11)9-15/h1-9,13-14,16H,10H2. The van der Waals surface area contributed by atoms with Crippen LogP contribution in [-0.2, 0) is 4.79 Å². The van der Waals surface area contributed by atoms with Crippen molar-refractivity contribution in [1.82, 2.24) is 4.90 Å². The molecule has 5 rings (SSSR count). The highest BCUT2D eigenvalue weighted by molar-refractivity contribution is 6.22. The first-order valence-corrected chi connectivity index (χ1v) is 7.57. The predicted octanol–water partition coefficient (Wildman–Crippen LogP) is 2.94. The molecule has 108 valence electrons. The molecule has 2 aliphatic heterocycles. The van der Waals surface area contributed by atoms with Crippen molar-refractivity contribution in [1.29, 1.82) is 0 Å². The van der Waals surface area contributed by atoms with Gasteiger partial charge in [0, 0.05) is 5.92 Å². The SMILES string of the molecule is O=C1C2C3C=CC(C3)N2C(=O)N1c1ccc2ccccc2c1. The number of imide groups is 1. The quantitative estimate of drug-likeness (QED) is 0.598. The summed E-state index contributed by atoms with van der Waals surface area (Å²) < 4.78 is 0. The van der Waals surface area contributed by atoms with Crippen LogP contribution in [0.1, 0.15) is 6.42 Å². The van der Waals surface area contributed by atoms with Crippen molar-refractivity contribution in [2.75, 3.05) is 4.90 Å². The Bertz CT molecular complexity index is 827.